The Morgan fingerprint density at radius 2 is 2.14 bits per heavy atom. The number of piperazine rings is 1. The first kappa shape index (κ1) is 20.0. The average molecular weight is 401 g/mol. The maximum Gasteiger partial charge on any atom is 0.298 e. The molecule has 1 amide bonds. The van der Waals surface area contributed by atoms with E-state index in [1.807, 2.05) is 23.1 Å². The summed E-state index contributed by atoms with van der Waals surface area (Å²) in [5.41, 5.74) is 1.60. The average Bonchev–Trinajstić information content (AvgIpc) is 3.13. The number of anilines is 1. The van der Waals surface area contributed by atoms with Crippen molar-refractivity contribution in [3.05, 3.63) is 18.2 Å². The maximum absolute atomic E-state index is 13.0. The lowest BCUT2D eigenvalue weighted by Crippen LogP contribution is -2.59. The summed E-state index contributed by atoms with van der Waals surface area (Å²) < 4.78 is 11.3. The number of oxazole rings is 1. The van der Waals surface area contributed by atoms with Gasteiger partial charge in [0.1, 0.15) is 11.3 Å². The van der Waals surface area contributed by atoms with Crippen LogP contribution in [0.5, 0.6) is 5.75 Å². The molecule has 2 aliphatic heterocycles. The van der Waals surface area contributed by atoms with Crippen molar-refractivity contribution in [2.24, 2.45) is 5.92 Å². The summed E-state index contributed by atoms with van der Waals surface area (Å²) in [5, 5.41) is 0. The molecule has 0 radical (unpaired) electrons. The lowest BCUT2D eigenvalue weighted by Gasteiger charge is -2.45. The summed E-state index contributed by atoms with van der Waals surface area (Å²) >= 11 is 0. The molecular weight excluding hydrogens is 368 g/mol. The van der Waals surface area contributed by atoms with E-state index in [1.165, 1.54) is 0 Å². The molecular formula is C22H32N4O3. The van der Waals surface area contributed by atoms with Gasteiger partial charge in [-0.3, -0.25) is 9.69 Å². The van der Waals surface area contributed by atoms with Gasteiger partial charge in [-0.2, -0.15) is 4.98 Å². The Morgan fingerprint density at radius 1 is 1.31 bits per heavy atom. The minimum absolute atomic E-state index is 0.0335. The third-order valence-corrected chi connectivity index (χ3v) is 6.51. The van der Waals surface area contributed by atoms with Crippen LogP contribution in [0.15, 0.2) is 22.6 Å². The lowest BCUT2D eigenvalue weighted by molar-refractivity contribution is -0.136. The number of amides is 1. The number of nitrogens with zero attached hydrogens (tertiary/aromatic N) is 4. The number of hydrogen-bond acceptors (Lipinski definition) is 6. The molecule has 7 heteroatoms. The Hall–Kier alpha value is -2.28. The highest BCUT2D eigenvalue weighted by molar-refractivity contribution is 5.77. The zero-order valence-electron chi connectivity index (χ0n) is 18.0. The number of benzene rings is 1. The van der Waals surface area contributed by atoms with Crippen LogP contribution in [0.25, 0.3) is 11.1 Å². The molecule has 0 spiro atoms. The molecule has 29 heavy (non-hydrogen) atoms. The van der Waals surface area contributed by atoms with Crippen molar-refractivity contribution in [2.75, 3.05) is 51.8 Å². The van der Waals surface area contributed by atoms with Crippen LogP contribution in [-0.4, -0.2) is 73.1 Å². The van der Waals surface area contributed by atoms with E-state index in [9.17, 15) is 4.79 Å². The third-order valence-electron chi connectivity index (χ3n) is 6.51. The minimum atomic E-state index is 0.0335. The molecule has 2 aliphatic rings. The lowest BCUT2D eigenvalue weighted by atomic mass is 9.93. The van der Waals surface area contributed by atoms with Crippen LogP contribution in [0, 0.1) is 5.92 Å². The Balaban J connectivity index is 1.40. The number of piperidine rings is 1. The largest absolute Gasteiger partial charge is 0.497 e. The Kier molecular flexibility index (Phi) is 5.42. The maximum atomic E-state index is 13.0. The molecule has 0 saturated carbocycles. The van der Waals surface area contributed by atoms with Crippen molar-refractivity contribution in [3.8, 4) is 5.75 Å². The van der Waals surface area contributed by atoms with Gasteiger partial charge in [-0.1, -0.05) is 0 Å². The van der Waals surface area contributed by atoms with E-state index in [2.05, 4.69) is 35.7 Å². The number of methoxy groups -OCH3 is 1. The van der Waals surface area contributed by atoms with Crippen molar-refractivity contribution in [3.63, 3.8) is 0 Å². The van der Waals surface area contributed by atoms with Gasteiger partial charge in [0.25, 0.3) is 6.01 Å². The Morgan fingerprint density at radius 3 is 2.90 bits per heavy atom. The fourth-order valence-corrected chi connectivity index (χ4v) is 4.39. The first-order valence-corrected chi connectivity index (χ1v) is 10.5. The number of fused-ring (bicyclic) bond motifs is 1. The van der Waals surface area contributed by atoms with E-state index in [0.717, 1.165) is 62.4 Å². The van der Waals surface area contributed by atoms with Gasteiger partial charge in [-0.05, 0) is 51.8 Å². The first-order chi connectivity index (χ1) is 13.9. The highest BCUT2D eigenvalue weighted by Crippen LogP contribution is 2.30. The SMILES string of the molecule is COc1ccc2oc(N3CCCC(CC(=O)N4CCN(C)C(C)(C)C4)C3)nc2c1. The van der Waals surface area contributed by atoms with Crippen LogP contribution in [0.2, 0.25) is 0 Å². The van der Waals surface area contributed by atoms with Crippen LogP contribution < -0.4 is 9.64 Å². The van der Waals surface area contributed by atoms with Gasteiger partial charge in [0.05, 0.1) is 7.11 Å². The third kappa shape index (κ3) is 4.20. The fourth-order valence-electron chi connectivity index (χ4n) is 4.39. The quantitative estimate of drug-likeness (QED) is 0.786. The van der Waals surface area contributed by atoms with Gasteiger partial charge in [0.2, 0.25) is 5.91 Å². The second-order valence-electron chi connectivity index (χ2n) is 9.04. The summed E-state index contributed by atoms with van der Waals surface area (Å²) in [6.07, 6.45) is 2.73. The monoisotopic (exact) mass is 400 g/mol. The predicted molar refractivity (Wildman–Crippen MR) is 113 cm³/mol. The van der Waals surface area contributed by atoms with Crippen LogP contribution in [0.3, 0.4) is 0 Å². The molecule has 2 fully saturated rings. The topological polar surface area (TPSA) is 62.1 Å². The molecule has 1 aromatic carbocycles. The van der Waals surface area contributed by atoms with Crippen LogP contribution in [-0.2, 0) is 4.79 Å². The fraction of sp³-hybridized carbons (Fsp3) is 0.636. The first-order valence-electron chi connectivity index (χ1n) is 10.5. The molecule has 158 valence electrons. The molecule has 0 N–H and O–H groups in total. The molecule has 2 saturated heterocycles. The van der Waals surface area contributed by atoms with Crippen molar-refractivity contribution < 1.29 is 13.9 Å². The van der Waals surface area contributed by atoms with Gasteiger partial charge in [-0.25, -0.2) is 0 Å². The summed E-state index contributed by atoms with van der Waals surface area (Å²) in [4.78, 5) is 24.2. The predicted octanol–water partition coefficient (Wildman–Crippen LogP) is 3.00. The van der Waals surface area contributed by atoms with E-state index >= 15 is 0 Å². The molecule has 7 nitrogen and oxygen atoms in total. The minimum Gasteiger partial charge on any atom is -0.497 e. The van der Waals surface area contributed by atoms with E-state index in [0.29, 0.717) is 18.4 Å². The normalized spacial score (nSPS) is 22.8. The van der Waals surface area contributed by atoms with Crippen molar-refractivity contribution >= 4 is 23.0 Å². The van der Waals surface area contributed by atoms with E-state index in [-0.39, 0.29) is 11.4 Å². The van der Waals surface area contributed by atoms with Gasteiger partial charge >= 0.3 is 0 Å². The van der Waals surface area contributed by atoms with E-state index in [4.69, 9.17) is 9.15 Å². The summed E-state index contributed by atoms with van der Waals surface area (Å²) in [7, 11) is 3.78. The van der Waals surface area contributed by atoms with Gasteiger partial charge in [-0.15, -0.1) is 0 Å². The van der Waals surface area contributed by atoms with Gasteiger partial charge < -0.3 is 19.0 Å². The number of hydrogen-bond donors (Lipinski definition) is 0. The van der Waals surface area contributed by atoms with Gasteiger partial charge in [0.15, 0.2) is 5.58 Å². The van der Waals surface area contributed by atoms with Crippen molar-refractivity contribution in [2.45, 2.75) is 38.6 Å². The van der Waals surface area contributed by atoms with Gasteiger partial charge in [0, 0.05) is 50.7 Å². The molecule has 1 aromatic heterocycles. The highest BCUT2D eigenvalue weighted by Gasteiger charge is 2.34. The zero-order chi connectivity index (χ0) is 20.6. The Labute approximate surface area is 172 Å². The van der Waals surface area contributed by atoms with E-state index < -0.39 is 0 Å². The van der Waals surface area contributed by atoms with Crippen LogP contribution in [0.4, 0.5) is 6.01 Å². The summed E-state index contributed by atoms with van der Waals surface area (Å²) in [6.45, 7) is 8.69. The Bertz CT molecular complexity index is 878. The molecule has 1 atom stereocenters. The summed E-state index contributed by atoms with van der Waals surface area (Å²) in [5.74, 6) is 1.39. The molecule has 0 aliphatic carbocycles. The molecule has 4 rings (SSSR count). The highest BCUT2D eigenvalue weighted by atomic mass is 16.5. The van der Waals surface area contributed by atoms with Crippen LogP contribution in [0.1, 0.15) is 33.1 Å². The molecule has 2 aromatic rings. The van der Waals surface area contributed by atoms with Crippen molar-refractivity contribution in [1.29, 1.82) is 0 Å². The number of likely N-dealkylation sites (N-methyl/N-ethyl adjacent to an activating group) is 1. The van der Waals surface area contributed by atoms with Crippen molar-refractivity contribution in [1.82, 2.24) is 14.8 Å². The van der Waals surface area contributed by atoms with E-state index in [1.54, 1.807) is 7.11 Å². The smallest absolute Gasteiger partial charge is 0.298 e. The number of rotatable bonds is 4. The number of ether oxygens (including phenoxy) is 1. The summed E-state index contributed by atoms with van der Waals surface area (Å²) in [6, 6.07) is 6.31. The zero-order valence-corrected chi connectivity index (χ0v) is 18.0. The molecule has 3 heterocycles. The second-order valence-corrected chi connectivity index (χ2v) is 9.04. The number of carbonyl (C=O) groups is 1. The van der Waals surface area contributed by atoms with Crippen LogP contribution >= 0.6 is 0 Å². The number of carbonyl (C=O) groups excluding carboxylic acids is 1. The molecule has 1 unspecified atom stereocenters. The second kappa shape index (κ2) is 7.86. The number of aromatic nitrogens is 1. The standard InChI is InChI=1S/C22H32N4O3/c1-22(2)15-26(11-10-24(22)3)20(27)12-16-6-5-9-25(14-16)21-23-18-13-17(28-4)7-8-19(18)29-21/h7-8,13,16H,5-6,9-12,14-15H2,1-4H3. The molecule has 0 bridgehead atoms.